The molecule has 110 valence electrons. The maximum absolute atomic E-state index is 13.4. The number of hydrogen-bond acceptors (Lipinski definition) is 3. The number of carbonyl (C=O) groups excluding carboxylic acids is 1. The molecule has 0 saturated carbocycles. The number of halogens is 1. The fourth-order valence-electron chi connectivity index (χ4n) is 2.74. The van der Waals surface area contributed by atoms with Crippen molar-refractivity contribution in [2.24, 2.45) is 5.73 Å². The summed E-state index contributed by atoms with van der Waals surface area (Å²) in [4.78, 5) is 14.3. The minimum Gasteiger partial charge on any atom is -0.381 e. The van der Waals surface area contributed by atoms with Crippen molar-refractivity contribution in [2.45, 2.75) is 31.9 Å². The van der Waals surface area contributed by atoms with E-state index < -0.39 is 0 Å². The summed E-state index contributed by atoms with van der Waals surface area (Å²) < 4.78 is 18.8. The van der Waals surface area contributed by atoms with Crippen molar-refractivity contribution >= 4 is 5.91 Å². The molecule has 20 heavy (non-hydrogen) atoms. The summed E-state index contributed by atoms with van der Waals surface area (Å²) in [7, 11) is 1.67. The van der Waals surface area contributed by atoms with Crippen LogP contribution in [0, 0.1) is 12.7 Å². The standard InChI is InChI=1S/C15H21FN2O2/c1-10-5-11(7-12(16)6-10)15(19)18-4-3-14(20-2)8-13(18)9-17/h5-7,13-14H,3-4,8-9,17H2,1-2H3. The Balaban J connectivity index is 2.19. The van der Waals surface area contributed by atoms with Gasteiger partial charge in [-0.05, 0) is 43.5 Å². The van der Waals surface area contributed by atoms with E-state index in [0.29, 0.717) is 18.7 Å². The molecule has 1 fully saturated rings. The summed E-state index contributed by atoms with van der Waals surface area (Å²) in [6.07, 6.45) is 1.65. The highest BCUT2D eigenvalue weighted by molar-refractivity contribution is 5.94. The lowest BCUT2D eigenvalue weighted by atomic mass is 9.98. The number of aryl methyl sites for hydroxylation is 1. The van der Waals surface area contributed by atoms with E-state index in [1.807, 2.05) is 0 Å². The number of nitrogens with two attached hydrogens (primary N) is 1. The maximum atomic E-state index is 13.4. The van der Waals surface area contributed by atoms with Gasteiger partial charge in [0.05, 0.1) is 6.10 Å². The van der Waals surface area contributed by atoms with Crippen LogP contribution in [0.25, 0.3) is 0 Å². The first-order chi connectivity index (χ1) is 9.55. The quantitative estimate of drug-likeness (QED) is 0.917. The zero-order chi connectivity index (χ0) is 14.7. The Morgan fingerprint density at radius 1 is 1.50 bits per heavy atom. The van der Waals surface area contributed by atoms with Gasteiger partial charge < -0.3 is 15.4 Å². The molecule has 1 aromatic carbocycles. The number of methoxy groups -OCH3 is 1. The molecule has 1 heterocycles. The summed E-state index contributed by atoms with van der Waals surface area (Å²) in [5, 5.41) is 0. The minimum atomic E-state index is -0.385. The molecule has 2 N–H and O–H groups in total. The van der Waals surface area contributed by atoms with Crippen LogP contribution in [0.1, 0.15) is 28.8 Å². The Morgan fingerprint density at radius 3 is 2.85 bits per heavy atom. The molecule has 2 rings (SSSR count). The average molecular weight is 280 g/mol. The van der Waals surface area contributed by atoms with Crippen molar-refractivity contribution in [1.82, 2.24) is 4.90 Å². The van der Waals surface area contributed by atoms with Gasteiger partial charge in [-0.2, -0.15) is 0 Å². The lowest BCUT2D eigenvalue weighted by molar-refractivity contribution is 0.0139. The Bertz CT molecular complexity index is 473. The van der Waals surface area contributed by atoms with Gasteiger partial charge in [0, 0.05) is 31.8 Å². The number of carbonyl (C=O) groups is 1. The number of ether oxygens (including phenoxy) is 1. The Labute approximate surface area is 118 Å². The van der Waals surface area contributed by atoms with Gasteiger partial charge in [0.2, 0.25) is 0 Å². The summed E-state index contributed by atoms with van der Waals surface area (Å²) in [5.41, 5.74) is 6.89. The smallest absolute Gasteiger partial charge is 0.254 e. The van der Waals surface area contributed by atoms with E-state index in [2.05, 4.69) is 0 Å². The Morgan fingerprint density at radius 2 is 2.25 bits per heavy atom. The summed E-state index contributed by atoms with van der Waals surface area (Å²) in [6, 6.07) is 4.35. The lowest BCUT2D eigenvalue weighted by Crippen LogP contribution is -2.51. The van der Waals surface area contributed by atoms with Crippen molar-refractivity contribution in [3.8, 4) is 0 Å². The Kier molecular flexibility index (Phi) is 4.73. The van der Waals surface area contributed by atoms with Crippen LogP contribution in [0.5, 0.6) is 0 Å². The third kappa shape index (κ3) is 3.16. The topological polar surface area (TPSA) is 55.6 Å². The number of hydrogen-bond donors (Lipinski definition) is 1. The molecule has 2 atom stereocenters. The first-order valence-electron chi connectivity index (χ1n) is 6.86. The second-order valence-electron chi connectivity index (χ2n) is 5.29. The van der Waals surface area contributed by atoms with Crippen LogP contribution in [0.4, 0.5) is 4.39 Å². The van der Waals surface area contributed by atoms with Crippen molar-refractivity contribution in [1.29, 1.82) is 0 Å². The van der Waals surface area contributed by atoms with Crippen LogP contribution < -0.4 is 5.73 Å². The van der Waals surface area contributed by atoms with Crippen molar-refractivity contribution in [3.05, 3.63) is 35.1 Å². The van der Waals surface area contributed by atoms with Gasteiger partial charge in [-0.15, -0.1) is 0 Å². The van der Waals surface area contributed by atoms with E-state index in [4.69, 9.17) is 10.5 Å². The van der Waals surface area contributed by atoms with Gasteiger partial charge >= 0.3 is 0 Å². The number of piperidine rings is 1. The van der Waals surface area contributed by atoms with Crippen molar-refractivity contribution < 1.29 is 13.9 Å². The molecule has 1 aromatic rings. The number of rotatable bonds is 3. The van der Waals surface area contributed by atoms with E-state index >= 15 is 0 Å². The molecular weight excluding hydrogens is 259 g/mol. The van der Waals surface area contributed by atoms with Crippen molar-refractivity contribution in [2.75, 3.05) is 20.2 Å². The first kappa shape index (κ1) is 14.9. The summed E-state index contributed by atoms with van der Waals surface area (Å²) in [6.45, 7) is 2.76. The molecule has 4 nitrogen and oxygen atoms in total. The monoisotopic (exact) mass is 280 g/mol. The van der Waals surface area contributed by atoms with E-state index in [1.165, 1.54) is 12.1 Å². The number of nitrogens with zero attached hydrogens (tertiary/aromatic N) is 1. The normalized spacial score (nSPS) is 22.9. The molecule has 0 bridgehead atoms. The molecule has 1 amide bonds. The van der Waals surface area contributed by atoms with Gasteiger partial charge in [0.1, 0.15) is 5.82 Å². The molecule has 0 spiro atoms. The van der Waals surface area contributed by atoms with Crippen LogP contribution in [0.15, 0.2) is 18.2 Å². The first-order valence-corrected chi connectivity index (χ1v) is 6.86. The predicted molar refractivity (Wildman–Crippen MR) is 75.0 cm³/mol. The van der Waals surface area contributed by atoms with Gasteiger partial charge in [-0.25, -0.2) is 4.39 Å². The zero-order valence-corrected chi connectivity index (χ0v) is 11.9. The molecular formula is C15H21FN2O2. The van der Waals surface area contributed by atoms with Gasteiger partial charge in [-0.1, -0.05) is 0 Å². The van der Waals surface area contributed by atoms with E-state index in [9.17, 15) is 9.18 Å². The predicted octanol–water partition coefficient (Wildman–Crippen LogP) is 1.71. The third-order valence-electron chi connectivity index (χ3n) is 3.82. The van der Waals surface area contributed by atoms with Gasteiger partial charge in [0.15, 0.2) is 0 Å². The minimum absolute atomic E-state index is 0.0511. The highest BCUT2D eigenvalue weighted by Gasteiger charge is 2.31. The highest BCUT2D eigenvalue weighted by atomic mass is 19.1. The molecule has 5 heteroatoms. The zero-order valence-electron chi connectivity index (χ0n) is 11.9. The van der Waals surface area contributed by atoms with Gasteiger partial charge in [-0.3, -0.25) is 4.79 Å². The number of benzene rings is 1. The fourth-order valence-corrected chi connectivity index (χ4v) is 2.74. The molecule has 0 radical (unpaired) electrons. The fraction of sp³-hybridized carbons (Fsp3) is 0.533. The average Bonchev–Trinajstić information content (AvgIpc) is 2.44. The van der Waals surface area contributed by atoms with Crippen LogP contribution in [0.2, 0.25) is 0 Å². The molecule has 1 saturated heterocycles. The second-order valence-corrected chi connectivity index (χ2v) is 5.29. The largest absolute Gasteiger partial charge is 0.381 e. The second kappa shape index (κ2) is 6.33. The molecule has 0 aromatic heterocycles. The third-order valence-corrected chi connectivity index (χ3v) is 3.82. The SMILES string of the molecule is COC1CCN(C(=O)c2cc(C)cc(F)c2)C(CN)C1. The number of amides is 1. The lowest BCUT2D eigenvalue weighted by Gasteiger charge is -2.38. The highest BCUT2D eigenvalue weighted by Crippen LogP contribution is 2.22. The van der Waals surface area contributed by atoms with Crippen LogP contribution in [0.3, 0.4) is 0 Å². The van der Waals surface area contributed by atoms with Crippen LogP contribution >= 0.6 is 0 Å². The van der Waals surface area contributed by atoms with E-state index in [1.54, 1.807) is 25.0 Å². The number of likely N-dealkylation sites (tertiary alicyclic amines) is 1. The molecule has 1 aliphatic rings. The van der Waals surface area contributed by atoms with Gasteiger partial charge in [0.25, 0.3) is 5.91 Å². The van der Waals surface area contributed by atoms with Crippen molar-refractivity contribution in [3.63, 3.8) is 0 Å². The summed E-state index contributed by atoms with van der Waals surface area (Å²) >= 11 is 0. The summed E-state index contributed by atoms with van der Waals surface area (Å²) in [5.74, 6) is -0.540. The molecule has 0 aliphatic carbocycles. The molecule has 1 aliphatic heterocycles. The van der Waals surface area contributed by atoms with E-state index in [-0.39, 0.29) is 23.9 Å². The van der Waals surface area contributed by atoms with Crippen LogP contribution in [-0.2, 0) is 4.74 Å². The Hall–Kier alpha value is -1.46. The molecule has 2 unspecified atom stereocenters. The van der Waals surface area contributed by atoms with Crippen LogP contribution in [-0.4, -0.2) is 43.2 Å². The van der Waals surface area contributed by atoms with E-state index in [0.717, 1.165) is 18.4 Å². The maximum Gasteiger partial charge on any atom is 0.254 e.